The van der Waals surface area contributed by atoms with E-state index in [2.05, 4.69) is 5.32 Å². The number of benzene rings is 2. The molecule has 0 spiro atoms. The van der Waals surface area contributed by atoms with Gasteiger partial charge in [0, 0.05) is 12.6 Å². The Morgan fingerprint density at radius 2 is 1.40 bits per heavy atom. The maximum absolute atomic E-state index is 11.2. The van der Waals surface area contributed by atoms with E-state index in [1.54, 1.807) is 24.3 Å². The highest BCUT2D eigenvalue weighted by Gasteiger charge is 2.07. The summed E-state index contributed by atoms with van der Waals surface area (Å²) in [7, 11) is -3.67. The highest BCUT2D eigenvalue weighted by molar-refractivity contribution is 7.89. The second-order valence-electron chi connectivity index (χ2n) is 4.33. The monoisotopic (exact) mass is 290 g/mol. The molecule has 0 unspecified atom stereocenters. The van der Waals surface area contributed by atoms with Gasteiger partial charge in [-0.15, -0.1) is 0 Å². The zero-order valence-corrected chi connectivity index (χ0v) is 11.6. The molecule has 2 aromatic rings. The average molecular weight is 290 g/mol. The van der Waals surface area contributed by atoms with E-state index in [0.717, 1.165) is 11.1 Å². The van der Waals surface area contributed by atoms with Crippen LogP contribution in [0.25, 0.3) is 11.1 Å². The Balaban J connectivity index is 2.26. The number of sulfonamides is 1. The third-order valence-electron chi connectivity index (χ3n) is 2.72. The van der Waals surface area contributed by atoms with Crippen LogP contribution in [-0.2, 0) is 14.8 Å². The summed E-state index contributed by atoms with van der Waals surface area (Å²) in [6.07, 6.45) is 0. The van der Waals surface area contributed by atoms with Crippen LogP contribution in [0.15, 0.2) is 53.4 Å². The first-order valence-corrected chi connectivity index (χ1v) is 7.42. The quantitative estimate of drug-likeness (QED) is 0.905. The van der Waals surface area contributed by atoms with Gasteiger partial charge in [0.25, 0.3) is 0 Å². The van der Waals surface area contributed by atoms with Crippen molar-refractivity contribution in [1.29, 1.82) is 0 Å². The van der Waals surface area contributed by atoms with Crippen molar-refractivity contribution in [2.45, 2.75) is 11.8 Å². The largest absolute Gasteiger partial charge is 0.326 e. The molecular weight excluding hydrogens is 276 g/mol. The summed E-state index contributed by atoms with van der Waals surface area (Å²) in [4.78, 5) is 11.0. The number of hydrogen-bond acceptors (Lipinski definition) is 3. The van der Waals surface area contributed by atoms with Crippen LogP contribution >= 0.6 is 0 Å². The zero-order valence-electron chi connectivity index (χ0n) is 10.8. The van der Waals surface area contributed by atoms with Gasteiger partial charge in [-0.2, -0.15) is 0 Å². The van der Waals surface area contributed by atoms with Gasteiger partial charge in [-0.3, -0.25) is 4.79 Å². The number of carbonyl (C=O) groups is 1. The fourth-order valence-electron chi connectivity index (χ4n) is 1.79. The van der Waals surface area contributed by atoms with E-state index in [1.807, 2.05) is 12.1 Å². The molecule has 0 heterocycles. The molecule has 0 aliphatic heterocycles. The van der Waals surface area contributed by atoms with Crippen molar-refractivity contribution in [3.63, 3.8) is 0 Å². The summed E-state index contributed by atoms with van der Waals surface area (Å²) in [5, 5.41) is 7.72. The summed E-state index contributed by atoms with van der Waals surface area (Å²) in [6.45, 7) is 1.44. The Morgan fingerprint density at radius 1 is 0.950 bits per heavy atom. The summed E-state index contributed by atoms with van der Waals surface area (Å²) >= 11 is 0. The number of carbonyl (C=O) groups excluding carboxylic acids is 1. The summed E-state index contributed by atoms with van der Waals surface area (Å²) in [6, 6.07) is 13.6. The van der Waals surface area contributed by atoms with Gasteiger partial charge in [0.1, 0.15) is 0 Å². The zero-order chi connectivity index (χ0) is 14.8. The van der Waals surface area contributed by atoms with E-state index in [1.165, 1.54) is 19.1 Å². The molecule has 2 aromatic carbocycles. The smallest absolute Gasteiger partial charge is 0.238 e. The first-order chi connectivity index (χ1) is 9.36. The molecular formula is C14H14N2O3S. The lowest BCUT2D eigenvalue weighted by atomic mass is 10.1. The van der Waals surface area contributed by atoms with Gasteiger partial charge in [0.15, 0.2) is 0 Å². The summed E-state index contributed by atoms with van der Waals surface area (Å²) < 4.78 is 22.3. The molecule has 0 aliphatic rings. The van der Waals surface area contributed by atoms with E-state index in [-0.39, 0.29) is 10.8 Å². The minimum atomic E-state index is -3.67. The van der Waals surface area contributed by atoms with Gasteiger partial charge in [0.2, 0.25) is 15.9 Å². The Morgan fingerprint density at radius 3 is 1.80 bits per heavy atom. The second kappa shape index (κ2) is 5.44. The molecule has 0 bridgehead atoms. The number of amides is 1. The third kappa shape index (κ3) is 3.43. The molecule has 20 heavy (non-hydrogen) atoms. The summed E-state index contributed by atoms with van der Waals surface area (Å²) in [5.41, 5.74) is 2.49. The first-order valence-electron chi connectivity index (χ1n) is 5.87. The van der Waals surface area contributed by atoms with Crippen LogP contribution in [0.5, 0.6) is 0 Å². The van der Waals surface area contributed by atoms with Crippen LogP contribution in [0.4, 0.5) is 5.69 Å². The molecule has 0 saturated heterocycles. The Kier molecular flexibility index (Phi) is 3.87. The molecule has 1 amide bonds. The number of primary sulfonamides is 1. The molecule has 0 aromatic heterocycles. The average Bonchev–Trinajstić information content (AvgIpc) is 2.38. The minimum absolute atomic E-state index is 0.0797. The highest BCUT2D eigenvalue weighted by atomic mass is 32.2. The molecule has 5 nitrogen and oxygen atoms in total. The van der Waals surface area contributed by atoms with E-state index in [9.17, 15) is 13.2 Å². The van der Waals surface area contributed by atoms with Crippen molar-refractivity contribution in [1.82, 2.24) is 0 Å². The number of rotatable bonds is 3. The van der Waals surface area contributed by atoms with E-state index < -0.39 is 10.0 Å². The fraction of sp³-hybridized carbons (Fsp3) is 0.0714. The van der Waals surface area contributed by atoms with Crippen LogP contribution in [0.1, 0.15) is 6.92 Å². The van der Waals surface area contributed by atoms with Crippen molar-refractivity contribution in [2.75, 3.05) is 5.32 Å². The molecule has 0 aliphatic carbocycles. The minimum Gasteiger partial charge on any atom is -0.326 e. The molecule has 2 rings (SSSR count). The van der Waals surface area contributed by atoms with E-state index in [4.69, 9.17) is 5.14 Å². The predicted molar refractivity (Wildman–Crippen MR) is 77.6 cm³/mol. The van der Waals surface area contributed by atoms with Gasteiger partial charge < -0.3 is 5.32 Å². The molecule has 0 saturated carbocycles. The van der Waals surface area contributed by atoms with E-state index >= 15 is 0 Å². The van der Waals surface area contributed by atoms with Crippen molar-refractivity contribution >= 4 is 21.6 Å². The molecule has 0 fully saturated rings. The lowest BCUT2D eigenvalue weighted by Gasteiger charge is -2.06. The number of anilines is 1. The number of hydrogen-bond donors (Lipinski definition) is 2. The Hall–Kier alpha value is -2.18. The van der Waals surface area contributed by atoms with Crippen molar-refractivity contribution in [3.05, 3.63) is 48.5 Å². The van der Waals surface area contributed by atoms with Gasteiger partial charge in [-0.25, -0.2) is 13.6 Å². The van der Waals surface area contributed by atoms with Crippen LogP contribution < -0.4 is 10.5 Å². The van der Waals surface area contributed by atoms with Crippen molar-refractivity contribution < 1.29 is 13.2 Å². The van der Waals surface area contributed by atoms with Crippen LogP contribution in [0.3, 0.4) is 0 Å². The lowest BCUT2D eigenvalue weighted by molar-refractivity contribution is -0.114. The molecule has 6 heteroatoms. The maximum Gasteiger partial charge on any atom is 0.238 e. The van der Waals surface area contributed by atoms with Crippen LogP contribution in [0.2, 0.25) is 0 Å². The molecule has 3 N–H and O–H groups in total. The predicted octanol–water partition coefficient (Wildman–Crippen LogP) is 1.96. The molecule has 104 valence electrons. The van der Waals surface area contributed by atoms with Crippen LogP contribution in [0, 0.1) is 0 Å². The summed E-state index contributed by atoms with van der Waals surface area (Å²) in [5.74, 6) is -0.129. The fourth-order valence-corrected chi connectivity index (χ4v) is 2.30. The lowest BCUT2D eigenvalue weighted by Crippen LogP contribution is -2.11. The van der Waals surface area contributed by atoms with Crippen molar-refractivity contribution in [3.8, 4) is 11.1 Å². The molecule has 0 radical (unpaired) electrons. The first kappa shape index (κ1) is 14.2. The standard InChI is InChI=1S/C14H14N2O3S/c1-10(17)16-13-6-2-11(3-7-13)12-4-8-14(9-5-12)20(15,18)19/h2-9H,1H3,(H,16,17)(H2,15,18,19). The van der Waals surface area contributed by atoms with Gasteiger partial charge in [-0.1, -0.05) is 24.3 Å². The van der Waals surface area contributed by atoms with E-state index in [0.29, 0.717) is 5.69 Å². The Labute approximate surface area is 117 Å². The molecule has 0 atom stereocenters. The SMILES string of the molecule is CC(=O)Nc1ccc(-c2ccc(S(N)(=O)=O)cc2)cc1. The Bertz CT molecular complexity index is 720. The number of nitrogens with two attached hydrogens (primary N) is 1. The topological polar surface area (TPSA) is 89.3 Å². The maximum atomic E-state index is 11.2. The highest BCUT2D eigenvalue weighted by Crippen LogP contribution is 2.22. The van der Waals surface area contributed by atoms with Crippen LogP contribution in [-0.4, -0.2) is 14.3 Å². The van der Waals surface area contributed by atoms with Crippen molar-refractivity contribution in [2.24, 2.45) is 5.14 Å². The van der Waals surface area contributed by atoms with Gasteiger partial charge in [-0.05, 0) is 35.4 Å². The van der Waals surface area contributed by atoms with Gasteiger partial charge in [0.05, 0.1) is 4.90 Å². The number of nitrogens with one attached hydrogen (secondary N) is 1. The third-order valence-corrected chi connectivity index (χ3v) is 3.65. The normalized spacial score (nSPS) is 11.1. The van der Waals surface area contributed by atoms with Gasteiger partial charge >= 0.3 is 0 Å². The second-order valence-corrected chi connectivity index (χ2v) is 5.89.